The first-order valence-electron chi connectivity index (χ1n) is 7.92. The van der Waals surface area contributed by atoms with Crippen LogP contribution in [0.15, 0.2) is 24.3 Å². The molecule has 23 heavy (non-hydrogen) atoms. The van der Waals surface area contributed by atoms with Gasteiger partial charge in [0.25, 0.3) is 5.91 Å². The normalized spacial score (nSPS) is 15.3. The SMILES string of the molecule is CC(C)(C)CCS(=O)(=O)NC(=O)c1ccc(OCC2CC2)cc1. The zero-order chi connectivity index (χ0) is 17.1. The van der Waals surface area contributed by atoms with E-state index in [1.54, 1.807) is 24.3 Å². The zero-order valence-corrected chi connectivity index (χ0v) is 14.8. The molecule has 0 unspecified atom stereocenters. The lowest BCUT2D eigenvalue weighted by molar-refractivity contribution is 0.0981. The molecule has 1 amide bonds. The molecule has 0 aliphatic heterocycles. The molecule has 0 radical (unpaired) electrons. The number of carbonyl (C=O) groups is 1. The van der Waals surface area contributed by atoms with Crippen molar-refractivity contribution in [3.05, 3.63) is 29.8 Å². The first-order chi connectivity index (χ1) is 10.6. The third-order valence-corrected chi connectivity index (χ3v) is 4.91. The molecule has 1 aromatic rings. The second kappa shape index (κ2) is 6.91. The van der Waals surface area contributed by atoms with Crippen LogP contribution in [0.25, 0.3) is 0 Å². The van der Waals surface area contributed by atoms with E-state index >= 15 is 0 Å². The third-order valence-electron chi connectivity index (χ3n) is 3.67. The summed E-state index contributed by atoms with van der Waals surface area (Å²) in [7, 11) is -3.62. The highest BCUT2D eigenvalue weighted by molar-refractivity contribution is 7.90. The Morgan fingerprint density at radius 3 is 2.35 bits per heavy atom. The summed E-state index contributed by atoms with van der Waals surface area (Å²) >= 11 is 0. The summed E-state index contributed by atoms with van der Waals surface area (Å²) in [5, 5.41) is 0. The van der Waals surface area contributed by atoms with Crippen LogP contribution >= 0.6 is 0 Å². The molecule has 5 nitrogen and oxygen atoms in total. The number of nitrogens with one attached hydrogen (secondary N) is 1. The highest BCUT2D eigenvalue weighted by Gasteiger charge is 2.22. The maximum Gasteiger partial charge on any atom is 0.264 e. The first-order valence-corrected chi connectivity index (χ1v) is 9.57. The number of sulfonamides is 1. The van der Waals surface area contributed by atoms with E-state index in [0.717, 1.165) is 0 Å². The van der Waals surface area contributed by atoms with Crippen LogP contribution in [-0.4, -0.2) is 26.7 Å². The fourth-order valence-electron chi connectivity index (χ4n) is 1.89. The van der Waals surface area contributed by atoms with Gasteiger partial charge in [0, 0.05) is 5.56 Å². The monoisotopic (exact) mass is 339 g/mol. The number of rotatable bonds is 7. The van der Waals surface area contributed by atoms with Gasteiger partial charge >= 0.3 is 0 Å². The maximum absolute atomic E-state index is 12.0. The summed E-state index contributed by atoms with van der Waals surface area (Å²) in [5.74, 6) is 0.688. The average Bonchev–Trinajstić information content (AvgIpc) is 3.27. The molecular weight excluding hydrogens is 314 g/mol. The molecule has 0 saturated heterocycles. The van der Waals surface area contributed by atoms with Crippen molar-refractivity contribution in [2.24, 2.45) is 11.3 Å². The standard InChI is InChI=1S/C17H25NO4S/c1-17(2,3)10-11-23(20,21)18-16(19)14-6-8-15(9-7-14)22-12-13-4-5-13/h6-9,13H,4-5,10-12H2,1-3H3,(H,18,19). The van der Waals surface area contributed by atoms with Crippen molar-refractivity contribution in [3.8, 4) is 5.75 Å². The van der Waals surface area contributed by atoms with Gasteiger partial charge in [-0.3, -0.25) is 4.79 Å². The number of hydrogen-bond acceptors (Lipinski definition) is 4. The van der Waals surface area contributed by atoms with Gasteiger partial charge < -0.3 is 4.74 Å². The van der Waals surface area contributed by atoms with Gasteiger partial charge in [-0.2, -0.15) is 0 Å². The maximum atomic E-state index is 12.0. The smallest absolute Gasteiger partial charge is 0.264 e. The largest absolute Gasteiger partial charge is 0.493 e. The van der Waals surface area contributed by atoms with E-state index in [4.69, 9.17) is 4.74 Å². The molecule has 1 saturated carbocycles. The molecule has 0 bridgehead atoms. The summed E-state index contributed by atoms with van der Waals surface area (Å²) in [4.78, 5) is 12.0. The Morgan fingerprint density at radius 2 is 1.83 bits per heavy atom. The first kappa shape index (κ1) is 17.8. The molecule has 6 heteroatoms. The Kier molecular flexibility index (Phi) is 5.34. The fourth-order valence-corrected chi connectivity index (χ4v) is 3.28. The highest BCUT2D eigenvalue weighted by atomic mass is 32.2. The fraction of sp³-hybridized carbons (Fsp3) is 0.588. The van der Waals surface area contributed by atoms with E-state index in [0.29, 0.717) is 30.3 Å². The van der Waals surface area contributed by atoms with E-state index in [2.05, 4.69) is 4.72 Å². The van der Waals surface area contributed by atoms with Crippen molar-refractivity contribution in [1.82, 2.24) is 4.72 Å². The lowest BCUT2D eigenvalue weighted by atomic mass is 9.94. The van der Waals surface area contributed by atoms with Gasteiger partial charge in [-0.1, -0.05) is 20.8 Å². The number of amides is 1. The minimum Gasteiger partial charge on any atom is -0.493 e. The van der Waals surface area contributed by atoms with Gasteiger partial charge in [0.2, 0.25) is 10.0 Å². The molecule has 0 spiro atoms. The van der Waals surface area contributed by atoms with Crippen LogP contribution in [0.1, 0.15) is 50.4 Å². The Morgan fingerprint density at radius 1 is 1.22 bits per heavy atom. The minimum absolute atomic E-state index is 0.0647. The van der Waals surface area contributed by atoms with Crippen molar-refractivity contribution in [2.75, 3.05) is 12.4 Å². The summed E-state index contributed by atoms with van der Waals surface area (Å²) in [6.45, 7) is 6.59. The predicted octanol–water partition coefficient (Wildman–Crippen LogP) is 2.97. The zero-order valence-electron chi connectivity index (χ0n) is 14.0. The highest BCUT2D eigenvalue weighted by Crippen LogP contribution is 2.29. The molecule has 1 N–H and O–H groups in total. The molecule has 1 fully saturated rings. The van der Waals surface area contributed by atoms with E-state index < -0.39 is 15.9 Å². The Bertz CT molecular complexity index is 640. The van der Waals surface area contributed by atoms with Gasteiger partial charge in [0.1, 0.15) is 5.75 Å². The molecule has 0 aromatic heterocycles. The van der Waals surface area contributed by atoms with E-state index in [-0.39, 0.29) is 11.2 Å². The summed E-state index contributed by atoms with van der Waals surface area (Å²) in [6, 6.07) is 6.55. The van der Waals surface area contributed by atoms with Crippen LogP contribution in [0.3, 0.4) is 0 Å². The molecule has 1 aliphatic carbocycles. The van der Waals surface area contributed by atoms with Gasteiger partial charge in [-0.25, -0.2) is 13.1 Å². The molecule has 128 valence electrons. The number of hydrogen-bond donors (Lipinski definition) is 1. The summed E-state index contributed by atoms with van der Waals surface area (Å²) < 4.78 is 31.6. The van der Waals surface area contributed by atoms with Crippen molar-refractivity contribution >= 4 is 15.9 Å². The molecule has 1 aromatic carbocycles. The summed E-state index contributed by atoms with van der Waals surface area (Å²) in [6.07, 6.45) is 2.92. The third kappa shape index (κ3) is 6.60. The summed E-state index contributed by atoms with van der Waals surface area (Å²) in [5.41, 5.74) is 0.210. The lowest BCUT2D eigenvalue weighted by Gasteiger charge is -2.17. The van der Waals surface area contributed by atoms with Crippen molar-refractivity contribution in [1.29, 1.82) is 0 Å². The predicted molar refractivity (Wildman–Crippen MR) is 90.0 cm³/mol. The van der Waals surface area contributed by atoms with E-state index in [9.17, 15) is 13.2 Å². The molecule has 1 aliphatic rings. The van der Waals surface area contributed by atoms with Crippen molar-refractivity contribution < 1.29 is 17.9 Å². The minimum atomic E-state index is -3.62. The number of carbonyl (C=O) groups excluding carboxylic acids is 1. The number of ether oxygens (including phenoxy) is 1. The van der Waals surface area contributed by atoms with Crippen LogP contribution in [0, 0.1) is 11.3 Å². The Hall–Kier alpha value is -1.56. The van der Waals surface area contributed by atoms with E-state index in [1.807, 2.05) is 20.8 Å². The van der Waals surface area contributed by atoms with Gasteiger partial charge in [-0.15, -0.1) is 0 Å². The quantitative estimate of drug-likeness (QED) is 0.829. The van der Waals surface area contributed by atoms with E-state index in [1.165, 1.54) is 12.8 Å². The van der Waals surface area contributed by atoms with Crippen molar-refractivity contribution in [3.63, 3.8) is 0 Å². The van der Waals surface area contributed by atoms with Gasteiger partial charge in [0.15, 0.2) is 0 Å². The van der Waals surface area contributed by atoms with Gasteiger partial charge in [-0.05, 0) is 54.9 Å². The molecule has 0 atom stereocenters. The van der Waals surface area contributed by atoms with Crippen molar-refractivity contribution in [2.45, 2.75) is 40.0 Å². The van der Waals surface area contributed by atoms with Crippen LogP contribution < -0.4 is 9.46 Å². The van der Waals surface area contributed by atoms with Crippen LogP contribution in [0.5, 0.6) is 5.75 Å². The number of benzene rings is 1. The Labute approximate surface area is 138 Å². The molecule has 2 rings (SSSR count). The second-order valence-corrected chi connectivity index (χ2v) is 9.18. The topological polar surface area (TPSA) is 72.5 Å². The molecular formula is C17H25NO4S. The second-order valence-electron chi connectivity index (χ2n) is 7.34. The lowest BCUT2D eigenvalue weighted by Crippen LogP contribution is -2.33. The molecule has 0 heterocycles. The van der Waals surface area contributed by atoms with Crippen LogP contribution in [0.2, 0.25) is 0 Å². The Balaban J connectivity index is 1.88. The van der Waals surface area contributed by atoms with Crippen LogP contribution in [0.4, 0.5) is 0 Å². The van der Waals surface area contributed by atoms with Crippen LogP contribution in [-0.2, 0) is 10.0 Å². The average molecular weight is 339 g/mol. The van der Waals surface area contributed by atoms with Gasteiger partial charge in [0.05, 0.1) is 12.4 Å².